The molecule has 6 heteroatoms. The van der Waals surface area contributed by atoms with Crippen LogP contribution in [-0.2, 0) is 11.3 Å². The van der Waals surface area contributed by atoms with E-state index < -0.39 is 0 Å². The molecule has 2 heterocycles. The third-order valence-corrected chi connectivity index (χ3v) is 5.40. The number of morpholine rings is 1. The molecule has 6 nitrogen and oxygen atoms in total. The summed E-state index contributed by atoms with van der Waals surface area (Å²) in [5, 5.41) is 0. The van der Waals surface area contributed by atoms with Crippen molar-refractivity contribution in [2.45, 2.75) is 6.61 Å². The molecule has 158 valence electrons. The number of hydrogen-bond acceptors (Lipinski definition) is 6. The van der Waals surface area contributed by atoms with Crippen molar-refractivity contribution in [1.29, 1.82) is 0 Å². The molecule has 0 radical (unpaired) electrons. The summed E-state index contributed by atoms with van der Waals surface area (Å²) in [6.07, 6.45) is 0. The van der Waals surface area contributed by atoms with Crippen molar-refractivity contribution in [3.05, 3.63) is 72.3 Å². The van der Waals surface area contributed by atoms with Crippen LogP contribution in [0.5, 0.6) is 11.5 Å². The number of ether oxygens (including phenoxy) is 3. The second-order valence-electron chi connectivity index (χ2n) is 7.60. The Hall–Kier alpha value is -3.22. The first-order valence-electron chi connectivity index (χ1n) is 10.6. The Kier molecular flexibility index (Phi) is 5.91. The molecule has 0 amide bonds. The maximum absolute atomic E-state index is 5.97. The molecule has 4 aromatic rings. The Bertz CT molecular complexity index is 1160. The highest BCUT2D eigenvalue weighted by Crippen LogP contribution is 2.24. The van der Waals surface area contributed by atoms with Gasteiger partial charge in [-0.15, -0.1) is 0 Å². The molecule has 0 saturated carbocycles. The Morgan fingerprint density at radius 1 is 0.742 bits per heavy atom. The highest BCUT2D eigenvalue weighted by Gasteiger charge is 2.10. The van der Waals surface area contributed by atoms with E-state index in [0.717, 1.165) is 72.0 Å². The van der Waals surface area contributed by atoms with Crippen LogP contribution in [0, 0.1) is 0 Å². The average Bonchev–Trinajstić information content (AvgIpc) is 2.82. The minimum Gasteiger partial charge on any atom is -0.492 e. The summed E-state index contributed by atoms with van der Waals surface area (Å²) in [5.41, 5.74) is 4.46. The van der Waals surface area contributed by atoms with Gasteiger partial charge in [-0.2, -0.15) is 0 Å². The van der Waals surface area contributed by atoms with Gasteiger partial charge in [0.15, 0.2) is 0 Å². The summed E-state index contributed by atoms with van der Waals surface area (Å²) in [6, 6.07) is 21.8. The minimum absolute atomic E-state index is 0.522. The molecular weight excluding hydrogens is 390 g/mol. The Morgan fingerprint density at radius 2 is 1.39 bits per heavy atom. The highest BCUT2D eigenvalue weighted by molar-refractivity contribution is 5.87. The number of fused-ring (bicyclic) bond motifs is 2. The fourth-order valence-corrected chi connectivity index (χ4v) is 3.67. The van der Waals surface area contributed by atoms with Crippen molar-refractivity contribution in [2.75, 3.05) is 39.5 Å². The summed E-state index contributed by atoms with van der Waals surface area (Å²) in [5.74, 6) is 1.59. The molecule has 31 heavy (non-hydrogen) atoms. The van der Waals surface area contributed by atoms with Crippen LogP contribution < -0.4 is 9.47 Å². The van der Waals surface area contributed by atoms with E-state index in [1.807, 2.05) is 54.6 Å². The molecule has 1 fully saturated rings. The van der Waals surface area contributed by atoms with E-state index in [9.17, 15) is 0 Å². The van der Waals surface area contributed by atoms with Gasteiger partial charge in [-0.05, 0) is 29.8 Å². The lowest BCUT2D eigenvalue weighted by Gasteiger charge is -2.26. The van der Waals surface area contributed by atoms with E-state index in [-0.39, 0.29) is 0 Å². The van der Waals surface area contributed by atoms with Gasteiger partial charge in [0.1, 0.15) is 24.7 Å². The van der Waals surface area contributed by atoms with Crippen molar-refractivity contribution < 1.29 is 14.2 Å². The van der Waals surface area contributed by atoms with Gasteiger partial charge < -0.3 is 14.2 Å². The predicted molar refractivity (Wildman–Crippen MR) is 121 cm³/mol. The second kappa shape index (κ2) is 9.29. The zero-order chi connectivity index (χ0) is 20.9. The van der Waals surface area contributed by atoms with Crippen LogP contribution in [0.25, 0.3) is 22.1 Å². The van der Waals surface area contributed by atoms with Crippen LogP contribution in [0.3, 0.4) is 0 Å². The largest absolute Gasteiger partial charge is 0.492 e. The molecule has 0 N–H and O–H groups in total. The molecule has 0 spiro atoms. The molecule has 1 saturated heterocycles. The lowest BCUT2D eigenvalue weighted by Crippen LogP contribution is -2.38. The first-order chi connectivity index (χ1) is 15.3. The molecule has 3 aromatic carbocycles. The Balaban J connectivity index is 1.29. The molecule has 1 aliphatic rings. The molecule has 0 atom stereocenters. The van der Waals surface area contributed by atoms with Crippen molar-refractivity contribution in [3.63, 3.8) is 0 Å². The second-order valence-corrected chi connectivity index (χ2v) is 7.60. The minimum atomic E-state index is 0.522. The normalized spacial score (nSPS) is 14.7. The monoisotopic (exact) mass is 415 g/mol. The molecule has 0 bridgehead atoms. The maximum Gasteiger partial charge on any atom is 0.122 e. The highest BCUT2D eigenvalue weighted by atomic mass is 16.5. The number of rotatable bonds is 7. The van der Waals surface area contributed by atoms with Crippen molar-refractivity contribution >= 4 is 22.1 Å². The fraction of sp³-hybridized carbons (Fsp3) is 0.280. The summed E-state index contributed by atoms with van der Waals surface area (Å²) in [6.45, 7) is 5.59. The van der Waals surface area contributed by atoms with Crippen molar-refractivity contribution in [1.82, 2.24) is 14.9 Å². The van der Waals surface area contributed by atoms with Gasteiger partial charge in [-0.1, -0.05) is 30.3 Å². The molecule has 5 rings (SSSR count). The third-order valence-electron chi connectivity index (χ3n) is 5.40. The van der Waals surface area contributed by atoms with Gasteiger partial charge in [0.25, 0.3) is 0 Å². The van der Waals surface area contributed by atoms with Gasteiger partial charge in [-0.25, -0.2) is 9.97 Å². The smallest absolute Gasteiger partial charge is 0.122 e. The van der Waals surface area contributed by atoms with Gasteiger partial charge in [0.2, 0.25) is 0 Å². The number of benzene rings is 3. The van der Waals surface area contributed by atoms with Crippen LogP contribution in [0.1, 0.15) is 5.56 Å². The first kappa shape index (κ1) is 19.7. The van der Waals surface area contributed by atoms with Gasteiger partial charge in [-0.3, -0.25) is 4.90 Å². The van der Waals surface area contributed by atoms with Gasteiger partial charge in [0, 0.05) is 31.8 Å². The lowest BCUT2D eigenvalue weighted by atomic mass is 10.2. The molecule has 0 unspecified atom stereocenters. The van der Waals surface area contributed by atoms with Gasteiger partial charge >= 0.3 is 0 Å². The zero-order valence-corrected chi connectivity index (χ0v) is 17.4. The van der Waals surface area contributed by atoms with Crippen LogP contribution >= 0.6 is 0 Å². The molecule has 1 aliphatic heterocycles. The Labute approximate surface area is 181 Å². The van der Waals surface area contributed by atoms with E-state index in [4.69, 9.17) is 24.2 Å². The summed E-state index contributed by atoms with van der Waals surface area (Å²) in [4.78, 5) is 11.9. The van der Waals surface area contributed by atoms with E-state index in [1.165, 1.54) is 0 Å². The Morgan fingerprint density at radius 3 is 2.10 bits per heavy atom. The van der Waals surface area contributed by atoms with Crippen LogP contribution in [0.4, 0.5) is 0 Å². The molecular formula is C25H25N3O3. The first-order valence-corrected chi connectivity index (χ1v) is 10.6. The quantitative estimate of drug-likeness (QED) is 0.424. The van der Waals surface area contributed by atoms with Crippen molar-refractivity contribution in [3.8, 4) is 11.5 Å². The fourth-order valence-electron chi connectivity index (χ4n) is 3.67. The van der Waals surface area contributed by atoms with Crippen LogP contribution in [0.15, 0.2) is 66.7 Å². The van der Waals surface area contributed by atoms with E-state index in [1.54, 1.807) is 0 Å². The summed E-state index contributed by atoms with van der Waals surface area (Å²) < 4.78 is 17.3. The van der Waals surface area contributed by atoms with E-state index >= 15 is 0 Å². The average molecular weight is 415 g/mol. The summed E-state index contributed by atoms with van der Waals surface area (Å²) >= 11 is 0. The number of aromatic nitrogens is 2. The standard InChI is InChI=1S/C25H25N3O3/c1-2-4-19(5-3-1)18-31-21-7-9-23-25(17-21)27-24-16-20(6-8-22(24)26-23)30-15-12-28-10-13-29-14-11-28/h1-9,16-17H,10-15,18H2. The topological polar surface area (TPSA) is 56.7 Å². The molecule has 1 aromatic heterocycles. The van der Waals surface area contributed by atoms with E-state index in [2.05, 4.69) is 17.0 Å². The third kappa shape index (κ3) is 4.93. The maximum atomic E-state index is 5.97. The SMILES string of the molecule is c1ccc(COc2ccc3nc4ccc(OCCN5CCOCC5)cc4nc3c2)cc1. The van der Waals surface area contributed by atoms with Gasteiger partial charge in [0.05, 0.1) is 35.3 Å². The number of nitrogens with zero attached hydrogens (tertiary/aromatic N) is 3. The van der Waals surface area contributed by atoms with E-state index in [0.29, 0.717) is 13.2 Å². The predicted octanol–water partition coefficient (Wildman–Crippen LogP) is 4.07. The lowest BCUT2D eigenvalue weighted by molar-refractivity contribution is 0.0322. The molecule has 0 aliphatic carbocycles. The van der Waals surface area contributed by atoms with Crippen LogP contribution in [-0.4, -0.2) is 54.3 Å². The zero-order valence-electron chi connectivity index (χ0n) is 17.4. The van der Waals surface area contributed by atoms with Crippen LogP contribution in [0.2, 0.25) is 0 Å². The number of hydrogen-bond donors (Lipinski definition) is 0. The van der Waals surface area contributed by atoms with Crippen molar-refractivity contribution in [2.24, 2.45) is 0 Å². The summed E-state index contributed by atoms with van der Waals surface area (Å²) in [7, 11) is 0.